The summed E-state index contributed by atoms with van der Waals surface area (Å²) in [6, 6.07) is 3.78. The van der Waals surface area contributed by atoms with Crippen LogP contribution in [-0.2, 0) is 16.0 Å². The van der Waals surface area contributed by atoms with E-state index in [2.05, 4.69) is 9.97 Å². The minimum absolute atomic E-state index is 0.105. The molecule has 19 heavy (non-hydrogen) atoms. The summed E-state index contributed by atoms with van der Waals surface area (Å²) in [7, 11) is 0. The second-order valence-electron chi connectivity index (χ2n) is 4.45. The van der Waals surface area contributed by atoms with Crippen LogP contribution in [0.2, 0.25) is 0 Å². The molecule has 5 nitrogen and oxygen atoms in total. The summed E-state index contributed by atoms with van der Waals surface area (Å²) < 4.78 is 4.82. The molecule has 2 rings (SSSR count). The number of aromatic nitrogens is 2. The van der Waals surface area contributed by atoms with Gasteiger partial charge >= 0.3 is 5.97 Å². The van der Waals surface area contributed by atoms with Crippen molar-refractivity contribution in [1.82, 2.24) is 9.97 Å². The van der Waals surface area contributed by atoms with E-state index in [-0.39, 0.29) is 17.7 Å². The van der Waals surface area contributed by atoms with Crippen molar-refractivity contribution in [3.05, 3.63) is 39.3 Å². The van der Waals surface area contributed by atoms with Gasteiger partial charge in [0, 0.05) is 0 Å². The standard InChI is InChI=1S/C14H16N2O3/c1-4-19-13(17)7-12-14(18)16-11-6-9(3)8(2)5-10(11)15-12/h5-6H,4,7H2,1-3H3,(H,16,18). The molecule has 0 saturated carbocycles. The highest BCUT2D eigenvalue weighted by atomic mass is 16.5. The second kappa shape index (κ2) is 5.22. The molecule has 1 aromatic carbocycles. The Morgan fingerprint density at radius 1 is 1.32 bits per heavy atom. The third kappa shape index (κ3) is 2.81. The van der Waals surface area contributed by atoms with E-state index >= 15 is 0 Å². The molecule has 0 fully saturated rings. The van der Waals surface area contributed by atoms with Gasteiger partial charge in [0.2, 0.25) is 0 Å². The van der Waals surface area contributed by atoms with Gasteiger partial charge < -0.3 is 9.72 Å². The molecular formula is C14H16N2O3. The molecule has 0 unspecified atom stereocenters. The Morgan fingerprint density at radius 2 is 2.00 bits per heavy atom. The molecular weight excluding hydrogens is 244 g/mol. The van der Waals surface area contributed by atoms with Crippen molar-refractivity contribution >= 4 is 17.0 Å². The molecule has 0 aliphatic rings. The fraction of sp³-hybridized carbons (Fsp3) is 0.357. The predicted molar refractivity (Wildman–Crippen MR) is 72.2 cm³/mol. The highest BCUT2D eigenvalue weighted by molar-refractivity contribution is 5.77. The first kappa shape index (κ1) is 13.3. The van der Waals surface area contributed by atoms with Gasteiger partial charge in [-0.25, -0.2) is 4.98 Å². The largest absolute Gasteiger partial charge is 0.466 e. The monoisotopic (exact) mass is 260 g/mol. The van der Waals surface area contributed by atoms with Gasteiger partial charge in [0.25, 0.3) is 5.56 Å². The van der Waals surface area contributed by atoms with Gasteiger partial charge in [-0.2, -0.15) is 0 Å². The van der Waals surface area contributed by atoms with E-state index in [1.54, 1.807) is 6.92 Å². The van der Waals surface area contributed by atoms with Crippen molar-refractivity contribution in [2.24, 2.45) is 0 Å². The average molecular weight is 260 g/mol. The zero-order chi connectivity index (χ0) is 14.0. The van der Waals surface area contributed by atoms with Crippen LogP contribution in [0, 0.1) is 13.8 Å². The SMILES string of the molecule is CCOC(=O)Cc1nc2cc(C)c(C)cc2[nH]c1=O. The maximum atomic E-state index is 11.8. The summed E-state index contributed by atoms with van der Waals surface area (Å²) >= 11 is 0. The van der Waals surface area contributed by atoms with Gasteiger partial charge in [-0.3, -0.25) is 9.59 Å². The van der Waals surface area contributed by atoms with Crippen molar-refractivity contribution in [1.29, 1.82) is 0 Å². The van der Waals surface area contributed by atoms with Crippen molar-refractivity contribution in [3.63, 3.8) is 0 Å². The van der Waals surface area contributed by atoms with Crippen molar-refractivity contribution in [3.8, 4) is 0 Å². The molecule has 0 spiro atoms. The van der Waals surface area contributed by atoms with Gasteiger partial charge in [0.05, 0.1) is 24.1 Å². The van der Waals surface area contributed by atoms with Crippen LogP contribution in [0.3, 0.4) is 0 Å². The van der Waals surface area contributed by atoms with Crippen LogP contribution in [0.25, 0.3) is 11.0 Å². The molecule has 1 heterocycles. The molecule has 0 bridgehead atoms. The molecule has 1 aromatic heterocycles. The first-order valence-corrected chi connectivity index (χ1v) is 6.17. The van der Waals surface area contributed by atoms with Crippen LogP contribution < -0.4 is 5.56 Å². The summed E-state index contributed by atoms with van der Waals surface area (Å²) in [6.45, 7) is 5.97. The highest BCUT2D eigenvalue weighted by Crippen LogP contribution is 2.14. The Labute approximate surface area is 110 Å². The summed E-state index contributed by atoms with van der Waals surface area (Å²) in [5.74, 6) is -0.441. The van der Waals surface area contributed by atoms with E-state index in [9.17, 15) is 9.59 Å². The maximum absolute atomic E-state index is 11.8. The van der Waals surface area contributed by atoms with E-state index < -0.39 is 5.97 Å². The average Bonchev–Trinajstić information content (AvgIpc) is 2.33. The highest BCUT2D eigenvalue weighted by Gasteiger charge is 2.11. The van der Waals surface area contributed by atoms with Crippen molar-refractivity contribution < 1.29 is 9.53 Å². The fourth-order valence-corrected chi connectivity index (χ4v) is 1.85. The lowest BCUT2D eigenvalue weighted by molar-refractivity contribution is -0.142. The van der Waals surface area contributed by atoms with Gasteiger partial charge in [-0.1, -0.05) is 0 Å². The van der Waals surface area contributed by atoms with Crippen LogP contribution >= 0.6 is 0 Å². The number of ether oxygens (including phenoxy) is 1. The first-order chi connectivity index (χ1) is 9.01. The smallest absolute Gasteiger partial charge is 0.312 e. The number of hydrogen-bond acceptors (Lipinski definition) is 4. The zero-order valence-corrected chi connectivity index (χ0v) is 11.2. The van der Waals surface area contributed by atoms with E-state index in [0.29, 0.717) is 17.6 Å². The number of benzene rings is 1. The molecule has 1 N–H and O–H groups in total. The molecule has 100 valence electrons. The Morgan fingerprint density at radius 3 is 2.68 bits per heavy atom. The third-order valence-corrected chi connectivity index (χ3v) is 2.99. The van der Waals surface area contributed by atoms with Crippen molar-refractivity contribution in [2.45, 2.75) is 27.2 Å². The quantitative estimate of drug-likeness (QED) is 0.852. The molecule has 0 amide bonds. The molecule has 0 radical (unpaired) electrons. The lowest BCUT2D eigenvalue weighted by Crippen LogP contribution is -2.20. The van der Waals surface area contributed by atoms with Crippen LogP contribution in [0.1, 0.15) is 23.7 Å². The summed E-state index contributed by atoms with van der Waals surface area (Å²) in [4.78, 5) is 30.3. The van der Waals surface area contributed by atoms with E-state index in [1.807, 2.05) is 26.0 Å². The number of carbonyl (C=O) groups excluding carboxylic acids is 1. The number of rotatable bonds is 3. The minimum Gasteiger partial charge on any atom is -0.466 e. The number of esters is 1. The zero-order valence-electron chi connectivity index (χ0n) is 11.2. The topological polar surface area (TPSA) is 72.0 Å². The molecule has 0 atom stereocenters. The van der Waals surface area contributed by atoms with Gasteiger partial charge in [0.15, 0.2) is 0 Å². The van der Waals surface area contributed by atoms with Crippen LogP contribution in [0.15, 0.2) is 16.9 Å². The maximum Gasteiger partial charge on any atom is 0.312 e. The first-order valence-electron chi connectivity index (χ1n) is 6.17. The Balaban J connectivity index is 2.46. The fourth-order valence-electron chi connectivity index (χ4n) is 1.85. The number of carbonyl (C=O) groups is 1. The van der Waals surface area contributed by atoms with Gasteiger partial charge in [0.1, 0.15) is 5.69 Å². The summed E-state index contributed by atoms with van der Waals surface area (Å²) in [5.41, 5.74) is 3.39. The van der Waals surface area contributed by atoms with E-state index in [4.69, 9.17) is 4.74 Å². The minimum atomic E-state index is -0.441. The van der Waals surface area contributed by atoms with Gasteiger partial charge in [-0.15, -0.1) is 0 Å². The van der Waals surface area contributed by atoms with Crippen LogP contribution in [0.4, 0.5) is 0 Å². The van der Waals surface area contributed by atoms with E-state index in [1.165, 1.54) is 0 Å². The second-order valence-corrected chi connectivity index (χ2v) is 4.45. The summed E-state index contributed by atoms with van der Waals surface area (Å²) in [6.07, 6.45) is -0.105. The number of nitrogens with one attached hydrogen (secondary N) is 1. The van der Waals surface area contributed by atoms with Crippen molar-refractivity contribution in [2.75, 3.05) is 6.61 Å². The molecule has 0 aliphatic heterocycles. The summed E-state index contributed by atoms with van der Waals surface area (Å²) in [5, 5.41) is 0. The predicted octanol–water partition coefficient (Wildman–Crippen LogP) is 1.65. The Bertz CT molecular complexity index is 689. The Hall–Kier alpha value is -2.17. The Kier molecular flexibility index (Phi) is 3.64. The molecule has 0 saturated heterocycles. The molecule has 5 heteroatoms. The number of fused-ring (bicyclic) bond motifs is 1. The normalized spacial score (nSPS) is 10.7. The molecule has 2 aromatic rings. The van der Waals surface area contributed by atoms with Gasteiger partial charge in [-0.05, 0) is 44.0 Å². The number of hydrogen-bond donors (Lipinski definition) is 1. The lowest BCUT2D eigenvalue weighted by atomic mass is 10.1. The van der Waals surface area contributed by atoms with Crippen LogP contribution in [0.5, 0.6) is 0 Å². The lowest BCUT2D eigenvalue weighted by Gasteiger charge is -2.05. The number of nitrogens with zero attached hydrogens (tertiary/aromatic N) is 1. The van der Waals surface area contributed by atoms with E-state index in [0.717, 1.165) is 11.1 Å². The number of aryl methyl sites for hydroxylation is 2. The van der Waals surface area contributed by atoms with Crippen LogP contribution in [-0.4, -0.2) is 22.5 Å². The third-order valence-electron chi connectivity index (χ3n) is 2.99. The number of aromatic amines is 1. The number of H-pyrrole nitrogens is 1. The molecule has 0 aliphatic carbocycles.